The van der Waals surface area contributed by atoms with Crippen LogP contribution in [0.3, 0.4) is 0 Å². The molecule has 12 nitrogen and oxygen atoms in total. The van der Waals surface area contributed by atoms with Crippen LogP contribution in [0.5, 0.6) is 5.75 Å². The largest absolute Gasteiger partial charge is 0.508 e. The van der Waals surface area contributed by atoms with Crippen molar-refractivity contribution >= 4 is 41.4 Å². The Bertz CT molecular complexity index is 1390. The van der Waals surface area contributed by atoms with Gasteiger partial charge in [-0.3, -0.25) is 24.0 Å². The number of esters is 1. The van der Waals surface area contributed by atoms with Crippen LogP contribution in [0.4, 0.5) is 0 Å². The first kappa shape index (κ1) is 40.1. The Morgan fingerprint density at radius 1 is 0.875 bits per heavy atom. The van der Waals surface area contributed by atoms with Gasteiger partial charge >= 0.3 is 5.97 Å². The Morgan fingerprint density at radius 2 is 1.56 bits per heavy atom. The van der Waals surface area contributed by atoms with Crippen molar-refractivity contribution in [1.29, 1.82) is 0 Å². The number of thioether (sulfide) groups is 1. The van der Waals surface area contributed by atoms with Crippen LogP contribution >= 0.6 is 11.8 Å². The molecule has 0 fully saturated rings. The average Bonchev–Trinajstić information content (AvgIpc) is 3.07. The summed E-state index contributed by atoms with van der Waals surface area (Å²) in [5, 5.41) is 21.0. The van der Waals surface area contributed by atoms with Gasteiger partial charge in [0, 0.05) is 19.4 Å². The molecule has 0 radical (unpaired) electrons. The summed E-state index contributed by atoms with van der Waals surface area (Å²) in [5.74, 6) is -1.47. The number of phenols is 1. The molecule has 0 spiro atoms. The van der Waals surface area contributed by atoms with Gasteiger partial charge < -0.3 is 36.8 Å². The number of unbranched alkanes of at least 4 members (excludes halogenated alkanes) is 2. The molecular formula is C35H51N5O7S. The van der Waals surface area contributed by atoms with E-state index in [0.29, 0.717) is 38.0 Å². The topological polar surface area (TPSA) is 189 Å². The number of nitrogens with one attached hydrogen (secondary N) is 4. The maximum atomic E-state index is 13.2. The number of nitrogens with two attached hydrogens (primary N) is 1. The minimum Gasteiger partial charge on any atom is -0.508 e. The molecule has 0 bridgehead atoms. The fourth-order valence-corrected chi connectivity index (χ4v) is 5.60. The average molecular weight is 686 g/mol. The van der Waals surface area contributed by atoms with Gasteiger partial charge in [0.2, 0.25) is 23.6 Å². The Balaban J connectivity index is 1.98. The van der Waals surface area contributed by atoms with E-state index in [1.54, 1.807) is 13.0 Å². The SMILES string of the molecule is COC(=O)CCCCCNC(=O)[C@H](Cc1ccccc1)NC(=O)CNC(=O)[C@@H](CCSC)NC(=O)[C@H](N)Cc1c(C)cc(O)c(C)c1C. The lowest BCUT2D eigenvalue weighted by atomic mass is 9.92. The monoisotopic (exact) mass is 685 g/mol. The van der Waals surface area contributed by atoms with Gasteiger partial charge in [-0.2, -0.15) is 11.8 Å². The van der Waals surface area contributed by atoms with Crippen LogP contribution in [-0.2, 0) is 41.6 Å². The number of rotatable bonds is 20. The van der Waals surface area contributed by atoms with Gasteiger partial charge in [0.1, 0.15) is 17.8 Å². The van der Waals surface area contributed by atoms with Crippen LogP contribution in [-0.4, -0.2) is 85.0 Å². The van der Waals surface area contributed by atoms with Gasteiger partial charge in [-0.25, -0.2) is 0 Å². The van der Waals surface area contributed by atoms with Crippen molar-refractivity contribution in [3.05, 3.63) is 64.2 Å². The van der Waals surface area contributed by atoms with E-state index in [1.807, 2.05) is 50.4 Å². The van der Waals surface area contributed by atoms with Gasteiger partial charge in [-0.1, -0.05) is 36.8 Å². The van der Waals surface area contributed by atoms with E-state index in [9.17, 15) is 29.1 Å². The summed E-state index contributed by atoms with van der Waals surface area (Å²) in [6.07, 6.45) is 5.03. The van der Waals surface area contributed by atoms with E-state index in [4.69, 9.17) is 5.73 Å². The number of ether oxygens (including phenoxy) is 1. The minimum absolute atomic E-state index is 0.181. The van der Waals surface area contributed by atoms with Crippen LogP contribution in [0, 0.1) is 20.8 Å². The first-order chi connectivity index (χ1) is 22.9. The van der Waals surface area contributed by atoms with Crippen molar-refractivity contribution in [1.82, 2.24) is 21.3 Å². The zero-order valence-electron chi connectivity index (χ0n) is 28.6. The van der Waals surface area contributed by atoms with Crippen molar-refractivity contribution < 1.29 is 33.8 Å². The van der Waals surface area contributed by atoms with Gasteiger partial charge in [-0.15, -0.1) is 0 Å². The molecule has 0 aliphatic rings. The summed E-state index contributed by atoms with van der Waals surface area (Å²) < 4.78 is 4.64. The number of hydrogen-bond acceptors (Lipinski definition) is 9. The molecule has 0 saturated heterocycles. The van der Waals surface area contributed by atoms with Crippen LogP contribution in [0.2, 0.25) is 0 Å². The van der Waals surface area contributed by atoms with E-state index in [-0.39, 0.29) is 30.5 Å². The predicted molar refractivity (Wildman–Crippen MR) is 188 cm³/mol. The van der Waals surface area contributed by atoms with Crippen LogP contribution in [0.1, 0.15) is 59.9 Å². The molecule has 7 N–H and O–H groups in total. The van der Waals surface area contributed by atoms with E-state index >= 15 is 0 Å². The number of carbonyl (C=O) groups excluding carboxylic acids is 5. The fraction of sp³-hybridized carbons (Fsp3) is 0.514. The van der Waals surface area contributed by atoms with Crippen LogP contribution in [0.25, 0.3) is 0 Å². The number of aromatic hydroxyl groups is 1. The van der Waals surface area contributed by atoms with Crippen molar-refractivity contribution in [2.45, 2.75) is 83.8 Å². The van der Waals surface area contributed by atoms with Gasteiger partial charge in [0.25, 0.3) is 0 Å². The quantitative estimate of drug-likeness (QED) is 0.0896. The van der Waals surface area contributed by atoms with E-state index in [1.165, 1.54) is 18.9 Å². The highest BCUT2D eigenvalue weighted by molar-refractivity contribution is 7.98. The standard InChI is InChI=1S/C35H51N5O7S/c1-22-18-30(41)24(3)23(2)26(22)20-27(36)33(44)40-28(15-17-48-5)34(45)38-21-31(42)39-29(19-25-12-8-6-9-13-25)35(46)37-16-11-7-10-14-32(43)47-4/h6,8-9,12-13,18,27-29,41H,7,10-11,14-17,19-21,36H2,1-5H3,(H,37,46)(H,38,45)(H,39,42)(H,40,44)/t27-,28-,29+/m1/s1. The first-order valence-electron chi connectivity index (χ1n) is 16.2. The summed E-state index contributed by atoms with van der Waals surface area (Å²) in [7, 11) is 1.34. The van der Waals surface area contributed by atoms with Crippen molar-refractivity contribution in [3.63, 3.8) is 0 Å². The lowest BCUT2D eigenvalue weighted by Gasteiger charge is -2.22. The molecule has 0 aliphatic heterocycles. The van der Waals surface area contributed by atoms with E-state index in [2.05, 4.69) is 26.0 Å². The zero-order chi connectivity index (χ0) is 35.6. The second-order valence-electron chi connectivity index (χ2n) is 11.8. The second-order valence-corrected chi connectivity index (χ2v) is 12.8. The number of benzene rings is 2. The van der Waals surface area contributed by atoms with Crippen molar-refractivity contribution in [3.8, 4) is 5.75 Å². The molecule has 0 saturated carbocycles. The number of hydrogen-bond donors (Lipinski definition) is 6. The van der Waals surface area contributed by atoms with Gasteiger partial charge in [0.05, 0.1) is 19.7 Å². The smallest absolute Gasteiger partial charge is 0.305 e. The number of phenolic OH excluding ortho intramolecular Hbond substituents is 1. The molecule has 3 atom stereocenters. The molecule has 2 aromatic carbocycles. The first-order valence-corrected chi connectivity index (χ1v) is 17.6. The fourth-order valence-electron chi connectivity index (χ4n) is 5.13. The van der Waals surface area contributed by atoms with Crippen LogP contribution < -0.4 is 27.0 Å². The Hall–Kier alpha value is -4.10. The molecule has 0 heterocycles. The molecule has 0 unspecified atom stereocenters. The summed E-state index contributed by atoms with van der Waals surface area (Å²) >= 11 is 1.51. The summed E-state index contributed by atoms with van der Waals surface area (Å²) in [6.45, 7) is 5.49. The number of methoxy groups -OCH3 is 1. The lowest BCUT2D eigenvalue weighted by molar-refractivity contribution is -0.140. The third-order valence-corrected chi connectivity index (χ3v) is 8.82. The molecule has 2 rings (SSSR count). The maximum Gasteiger partial charge on any atom is 0.305 e. The molecule has 48 heavy (non-hydrogen) atoms. The summed E-state index contributed by atoms with van der Waals surface area (Å²) in [6, 6.07) is 8.16. The molecule has 2 aromatic rings. The summed E-state index contributed by atoms with van der Waals surface area (Å²) in [4.78, 5) is 63.6. The third kappa shape index (κ3) is 13.6. The lowest BCUT2D eigenvalue weighted by Crippen LogP contribution is -2.54. The number of aryl methyl sites for hydroxylation is 1. The molecule has 0 aliphatic carbocycles. The normalized spacial score (nSPS) is 12.7. The van der Waals surface area contributed by atoms with E-state index in [0.717, 1.165) is 34.2 Å². The van der Waals surface area contributed by atoms with Gasteiger partial charge in [-0.05, 0) is 92.3 Å². The Kier molecular flexibility index (Phi) is 17.5. The molecule has 264 valence electrons. The van der Waals surface area contributed by atoms with Crippen molar-refractivity contribution in [2.75, 3.05) is 32.2 Å². The molecule has 13 heteroatoms. The second kappa shape index (κ2) is 21.0. The zero-order valence-corrected chi connectivity index (χ0v) is 29.5. The third-order valence-electron chi connectivity index (χ3n) is 8.18. The Morgan fingerprint density at radius 3 is 2.23 bits per heavy atom. The predicted octanol–water partition coefficient (Wildman–Crippen LogP) is 2.12. The van der Waals surface area contributed by atoms with Gasteiger partial charge in [0.15, 0.2) is 0 Å². The number of amides is 4. The highest BCUT2D eigenvalue weighted by Crippen LogP contribution is 2.27. The molecular weight excluding hydrogens is 634 g/mol. The highest BCUT2D eigenvalue weighted by Gasteiger charge is 2.26. The highest BCUT2D eigenvalue weighted by atomic mass is 32.2. The van der Waals surface area contributed by atoms with Crippen LogP contribution in [0.15, 0.2) is 36.4 Å². The summed E-state index contributed by atoms with van der Waals surface area (Å²) in [5.41, 5.74) is 10.4. The van der Waals surface area contributed by atoms with Crippen molar-refractivity contribution in [2.24, 2.45) is 5.73 Å². The molecule has 4 amide bonds. The minimum atomic E-state index is -0.940. The maximum absolute atomic E-state index is 13.2. The number of carbonyl (C=O) groups is 5. The Labute approximate surface area is 287 Å². The molecule has 0 aromatic heterocycles. The van der Waals surface area contributed by atoms with E-state index < -0.39 is 42.4 Å².